The van der Waals surface area contributed by atoms with E-state index in [-0.39, 0.29) is 6.54 Å². The molecule has 0 amide bonds. The number of anilines is 1. The van der Waals surface area contributed by atoms with E-state index in [0.717, 1.165) is 0 Å². The van der Waals surface area contributed by atoms with Crippen LogP contribution in [0.2, 0.25) is 0 Å². The number of hydrogen-bond acceptors (Lipinski definition) is 4. The minimum atomic E-state index is -0.494. The van der Waals surface area contributed by atoms with Gasteiger partial charge in [-0.2, -0.15) is 5.26 Å². The van der Waals surface area contributed by atoms with Crippen LogP contribution in [0.15, 0.2) is 12.3 Å². The fourth-order valence-corrected chi connectivity index (χ4v) is 1.02. The number of methoxy groups -OCH3 is 1. The Morgan fingerprint density at radius 3 is 3.08 bits per heavy atom. The zero-order valence-electron chi connectivity index (χ0n) is 7.15. The van der Waals surface area contributed by atoms with Gasteiger partial charge in [0.1, 0.15) is 12.2 Å². The van der Waals surface area contributed by atoms with Crippen molar-refractivity contribution in [1.82, 2.24) is 4.57 Å². The van der Waals surface area contributed by atoms with E-state index in [9.17, 15) is 4.79 Å². The molecule has 0 unspecified atom stereocenters. The lowest BCUT2D eigenvalue weighted by Gasteiger charge is -2.01. The van der Waals surface area contributed by atoms with Gasteiger partial charge < -0.3 is 15.0 Å². The van der Waals surface area contributed by atoms with Crippen LogP contribution in [0.5, 0.6) is 0 Å². The van der Waals surface area contributed by atoms with Crippen LogP contribution in [0.4, 0.5) is 5.69 Å². The second kappa shape index (κ2) is 3.63. The van der Waals surface area contributed by atoms with E-state index < -0.39 is 5.97 Å². The number of nitrogens with zero attached hydrogens (tertiary/aromatic N) is 2. The Morgan fingerprint density at radius 1 is 1.85 bits per heavy atom. The highest BCUT2D eigenvalue weighted by atomic mass is 16.5. The highest BCUT2D eigenvalue weighted by molar-refractivity contribution is 5.88. The van der Waals surface area contributed by atoms with Crippen LogP contribution in [0.3, 0.4) is 0 Å². The Kier molecular flexibility index (Phi) is 2.55. The summed E-state index contributed by atoms with van der Waals surface area (Å²) in [4.78, 5) is 11.1. The van der Waals surface area contributed by atoms with Gasteiger partial charge in [-0.05, 0) is 6.07 Å². The van der Waals surface area contributed by atoms with Crippen molar-refractivity contribution in [2.24, 2.45) is 0 Å². The number of ether oxygens (including phenoxy) is 1. The highest BCUT2D eigenvalue weighted by Gasteiger charge is 2.12. The van der Waals surface area contributed by atoms with E-state index >= 15 is 0 Å². The molecule has 2 N–H and O–H groups in total. The van der Waals surface area contributed by atoms with E-state index in [0.29, 0.717) is 11.4 Å². The number of nitriles is 1. The molecule has 1 aromatic rings. The molecule has 13 heavy (non-hydrogen) atoms. The normalized spacial score (nSPS) is 9.23. The maximum atomic E-state index is 11.1. The summed E-state index contributed by atoms with van der Waals surface area (Å²) in [5.74, 6) is -0.494. The quantitative estimate of drug-likeness (QED) is 0.665. The van der Waals surface area contributed by atoms with Gasteiger partial charge in [-0.1, -0.05) is 0 Å². The van der Waals surface area contributed by atoms with Crippen LogP contribution in [0, 0.1) is 11.3 Å². The van der Waals surface area contributed by atoms with Gasteiger partial charge in [0.05, 0.1) is 18.9 Å². The first-order valence-electron chi connectivity index (χ1n) is 3.60. The molecule has 1 rings (SSSR count). The summed E-state index contributed by atoms with van der Waals surface area (Å²) in [7, 11) is 1.28. The van der Waals surface area contributed by atoms with E-state index in [1.165, 1.54) is 23.9 Å². The second-order valence-electron chi connectivity index (χ2n) is 2.44. The van der Waals surface area contributed by atoms with Gasteiger partial charge in [0.2, 0.25) is 0 Å². The summed E-state index contributed by atoms with van der Waals surface area (Å²) in [5.41, 5.74) is 6.20. The van der Waals surface area contributed by atoms with Gasteiger partial charge in [-0.15, -0.1) is 0 Å². The molecule has 0 fully saturated rings. The number of nitrogens with two attached hydrogens (primary N) is 1. The van der Waals surface area contributed by atoms with Crippen LogP contribution < -0.4 is 5.73 Å². The fourth-order valence-electron chi connectivity index (χ4n) is 1.02. The Hall–Kier alpha value is -1.96. The van der Waals surface area contributed by atoms with Crippen molar-refractivity contribution >= 4 is 11.7 Å². The molecule has 1 heterocycles. The van der Waals surface area contributed by atoms with Crippen LogP contribution in [-0.2, 0) is 11.3 Å². The number of aromatic nitrogens is 1. The van der Waals surface area contributed by atoms with Gasteiger partial charge >= 0.3 is 5.97 Å². The first-order chi connectivity index (χ1) is 6.19. The lowest BCUT2D eigenvalue weighted by Crippen LogP contribution is -2.09. The van der Waals surface area contributed by atoms with Crippen LogP contribution >= 0.6 is 0 Å². The van der Waals surface area contributed by atoms with Crippen molar-refractivity contribution in [3.8, 4) is 6.07 Å². The summed E-state index contributed by atoms with van der Waals surface area (Å²) in [5, 5.41) is 8.44. The third-order valence-corrected chi connectivity index (χ3v) is 1.55. The van der Waals surface area contributed by atoms with Crippen molar-refractivity contribution in [3.63, 3.8) is 0 Å². The Balaban J connectivity index is 3.05. The molecular weight excluding hydrogens is 170 g/mol. The molecule has 0 spiro atoms. The summed E-state index contributed by atoms with van der Waals surface area (Å²) in [6.45, 7) is 0.0850. The lowest BCUT2D eigenvalue weighted by molar-refractivity contribution is 0.0589. The third-order valence-electron chi connectivity index (χ3n) is 1.55. The largest absolute Gasteiger partial charge is 0.464 e. The molecule has 0 radical (unpaired) electrons. The van der Waals surface area contributed by atoms with Gasteiger partial charge in [-0.3, -0.25) is 0 Å². The SMILES string of the molecule is COC(=O)c1cc(N)cn1CC#N. The molecule has 0 saturated carbocycles. The summed E-state index contributed by atoms with van der Waals surface area (Å²) in [6.07, 6.45) is 1.52. The number of carbonyl (C=O) groups is 1. The molecule has 68 valence electrons. The molecule has 5 heteroatoms. The zero-order chi connectivity index (χ0) is 9.84. The fraction of sp³-hybridized carbons (Fsp3) is 0.250. The number of esters is 1. The topological polar surface area (TPSA) is 81.0 Å². The second-order valence-corrected chi connectivity index (χ2v) is 2.44. The van der Waals surface area contributed by atoms with Gasteiger partial charge in [0.25, 0.3) is 0 Å². The number of nitrogen functional groups attached to an aromatic ring is 1. The van der Waals surface area contributed by atoms with Crippen molar-refractivity contribution in [1.29, 1.82) is 5.26 Å². The van der Waals surface area contributed by atoms with Crippen molar-refractivity contribution < 1.29 is 9.53 Å². The van der Waals surface area contributed by atoms with Crippen molar-refractivity contribution in [3.05, 3.63) is 18.0 Å². The van der Waals surface area contributed by atoms with Crippen molar-refractivity contribution in [2.45, 2.75) is 6.54 Å². The van der Waals surface area contributed by atoms with E-state index in [1.807, 2.05) is 6.07 Å². The first-order valence-corrected chi connectivity index (χ1v) is 3.60. The van der Waals surface area contributed by atoms with Gasteiger partial charge in [0, 0.05) is 6.20 Å². The minimum Gasteiger partial charge on any atom is -0.464 e. The summed E-state index contributed by atoms with van der Waals surface area (Å²) >= 11 is 0. The average molecular weight is 179 g/mol. The van der Waals surface area contributed by atoms with Crippen molar-refractivity contribution in [2.75, 3.05) is 12.8 Å². The molecule has 0 aromatic carbocycles. The third kappa shape index (κ3) is 1.79. The molecule has 0 aliphatic rings. The predicted octanol–water partition coefficient (Wildman–Crippen LogP) is 0.380. The number of rotatable bonds is 2. The lowest BCUT2D eigenvalue weighted by atomic mass is 10.4. The van der Waals surface area contributed by atoms with Gasteiger partial charge in [-0.25, -0.2) is 4.79 Å². The zero-order valence-corrected chi connectivity index (χ0v) is 7.15. The minimum absolute atomic E-state index is 0.0850. The smallest absolute Gasteiger partial charge is 0.354 e. The molecule has 0 aliphatic heterocycles. The Labute approximate surface area is 75.3 Å². The molecule has 0 bridgehead atoms. The van der Waals surface area contributed by atoms with Crippen LogP contribution in [0.25, 0.3) is 0 Å². The molecule has 0 saturated heterocycles. The standard InChI is InChI=1S/C8H9N3O2/c1-13-8(12)7-4-6(10)5-11(7)3-2-9/h4-5H,3,10H2,1H3. The van der Waals surface area contributed by atoms with Gasteiger partial charge in [0.15, 0.2) is 0 Å². The molecule has 0 atom stereocenters. The highest BCUT2D eigenvalue weighted by Crippen LogP contribution is 2.11. The first kappa shape index (κ1) is 9.13. The summed E-state index contributed by atoms with van der Waals surface area (Å²) in [6, 6.07) is 3.39. The maximum absolute atomic E-state index is 11.1. The van der Waals surface area contributed by atoms with Crippen LogP contribution in [0.1, 0.15) is 10.5 Å². The predicted molar refractivity (Wildman–Crippen MR) is 45.8 cm³/mol. The van der Waals surface area contributed by atoms with E-state index in [2.05, 4.69) is 4.74 Å². The molecule has 5 nitrogen and oxygen atoms in total. The molecular formula is C8H9N3O2. The Morgan fingerprint density at radius 2 is 2.54 bits per heavy atom. The monoisotopic (exact) mass is 179 g/mol. The molecule has 0 aliphatic carbocycles. The van der Waals surface area contributed by atoms with Crippen LogP contribution in [-0.4, -0.2) is 17.6 Å². The average Bonchev–Trinajstić information content (AvgIpc) is 2.46. The number of carbonyl (C=O) groups excluding carboxylic acids is 1. The Bertz CT molecular complexity index is 362. The summed E-state index contributed by atoms with van der Waals surface area (Å²) < 4.78 is 5.96. The maximum Gasteiger partial charge on any atom is 0.354 e. The van der Waals surface area contributed by atoms with E-state index in [4.69, 9.17) is 11.0 Å². The van der Waals surface area contributed by atoms with E-state index in [1.54, 1.807) is 0 Å². The number of hydrogen-bond donors (Lipinski definition) is 1. The molecule has 1 aromatic heterocycles.